The van der Waals surface area contributed by atoms with E-state index in [1.54, 1.807) is 37.6 Å². The van der Waals surface area contributed by atoms with Crippen molar-refractivity contribution in [3.63, 3.8) is 0 Å². The van der Waals surface area contributed by atoms with Gasteiger partial charge in [0, 0.05) is 11.8 Å². The first kappa shape index (κ1) is 14.1. The van der Waals surface area contributed by atoms with Gasteiger partial charge in [0.25, 0.3) is 0 Å². The van der Waals surface area contributed by atoms with Crippen LogP contribution in [0.1, 0.15) is 29.8 Å². The summed E-state index contributed by atoms with van der Waals surface area (Å²) in [6.45, 7) is 3.85. The van der Waals surface area contributed by atoms with Gasteiger partial charge in [-0.25, -0.2) is 0 Å². The molecule has 0 aliphatic carbocycles. The van der Waals surface area contributed by atoms with E-state index in [0.29, 0.717) is 22.6 Å². The van der Waals surface area contributed by atoms with Gasteiger partial charge >= 0.3 is 0 Å². The molecule has 1 aromatic heterocycles. The molecule has 0 aliphatic heterocycles. The van der Waals surface area contributed by atoms with Crippen LogP contribution in [0.2, 0.25) is 0 Å². The first-order chi connectivity index (χ1) is 9.61. The summed E-state index contributed by atoms with van der Waals surface area (Å²) in [6.07, 6.45) is 3.16. The van der Waals surface area contributed by atoms with E-state index in [0.717, 1.165) is 0 Å². The van der Waals surface area contributed by atoms with Crippen LogP contribution in [0, 0.1) is 0 Å². The number of rotatable bonds is 5. The number of pyridine rings is 1. The number of carbonyl (C=O) groups is 1. The van der Waals surface area contributed by atoms with E-state index in [9.17, 15) is 4.79 Å². The highest BCUT2D eigenvalue weighted by atomic mass is 16.5. The van der Waals surface area contributed by atoms with Gasteiger partial charge in [-0.3, -0.25) is 9.78 Å². The van der Waals surface area contributed by atoms with Gasteiger partial charge in [0.05, 0.1) is 25.0 Å². The second-order valence-electron chi connectivity index (χ2n) is 4.61. The molecule has 4 nitrogen and oxygen atoms in total. The van der Waals surface area contributed by atoms with Crippen molar-refractivity contribution in [2.45, 2.75) is 20.0 Å². The molecule has 4 heteroatoms. The summed E-state index contributed by atoms with van der Waals surface area (Å²) >= 11 is 0. The molecule has 104 valence electrons. The molecule has 0 radical (unpaired) electrons. The summed E-state index contributed by atoms with van der Waals surface area (Å²) in [4.78, 5) is 16.5. The SMILES string of the molecule is COc1ccccc1C(=O)c1cncc(OC(C)C)c1. The third-order valence-electron chi connectivity index (χ3n) is 2.70. The van der Waals surface area contributed by atoms with Gasteiger partial charge in [-0.15, -0.1) is 0 Å². The standard InChI is InChI=1S/C16H17NO3/c1-11(2)20-13-8-12(9-17-10-13)16(18)14-6-4-5-7-15(14)19-3/h4-11H,1-3H3. The number of aromatic nitrogens is 1. The Morgan fingerprint density at radius 3 is 2.65 bits per heavy atom. The van der Waals surface area contributed by atoms with Crippen molar-refractivity contribution < 1.29 is 14.3 Å². The molecule has 0 amide bonds. The van der Waals surface area contributed by atoms with Gasteiger partial charge in [-0.2, -0.15) is 0 Å². The maximum atomic E-state index is 12.5. The molecule has 0 spiro atoms. The van der Waals surface area contributed by atoms with Crippen LogP contribution in [-0.4, -0.2) is 24.0 Å². The van der Waals surface area contributed by atoms with Crippen LogP contribution < -0.4 is 9.47 Å². The molecule has 2 rings (SSSR count). The summed E-state index contributed by atoms with van der Waals surface area (Å²) in [5.41, 5.74) is 0.992. The van der Waals surface area contributed by atoms with Crippen molar-refractivity contribution in [3.05, 3.63) is 53.9 Å². The number of benzene rings is 1. The maximum absolute atomic E-state index is 12.5. The van der Waals surface area contributed by atoms with E-state index < -0.39 is 0 Å². The molecule has 1 heterocycles. The molecule has 1 aromatic carbocycles. The monoisotopic (exact) mass is 271 g/mol. The Bertz CT molecular complexity index is 608. The second-order valence-corrected chi connectivity index (χ2v) is 4.61. The van der Waals surface area contributed by atoms with Crippen LogP contribution in [0.25, 0.3) is 0 Å². The van der Waals surface area contributed by atoms with E-state index in [1.165, 1.54) is 6.20 Å². The summed E-state index contributed by atoms with van der Waals surface area (Å²) in [5, 5.41) is 0. The lowest BCUT2D eigenvalue weighted by Gasteiger charge is -2.11. The van der Waals surface area contributed by atoms with Crippen molar-refractivity contribution in [2.75, 3.05) is 7.11 Å². The highest BCUT2D eigenvalue weighted by Gasteiger charge is 2.15. The van der Waals surface area contributed by atoms with Crippen molar-refractivity contribution in [3.8, 4) is 11.5 Å². The van der Waals surface area contributed by atoms with Gasteiger partial charge in [0.1, 0.15) is 11.5 Å². The zero-order valence-electron chi connectivity index (χ0n) is 11.8. The van der Waals surface area contributed by atoms with Crippen LogP contribution in [-0.2, 0) is 0 Å². The van der Waals surface area contributed by atoms with Gasteiger partial charge in [-0.1, -0.05) is 12.1 Å². The number of hydrogen-bond donors (Lipinski definition) is 0. The first-order valence-corrected chi connectivity index (χ1v) is 6.41. The minimum atomic E-state index is -0.135. The Morgan fingerprint density at radius 2 is 1.95 bits per heavy atom. The highest BCUT2D eigenvalue weighted by Crippen LogP contribution is 2.22. The number of para-hydroxylation sites is 1. The topological polar surface area (TPSA) is 48.4 Å². The van der Waals surface area contributed by atoms with E-state index in [2.05, 4.69) is 4.98 Å². The van der Waals surface area contributed by atoms with Crippen LogP contribution in [0.3, 0.4) is 0 Å². The van der Waals surface area contributed by atoms with Crippen molar-refractivity contribution >= 4 is 5.78 Å². The lowest BCUT2D eigenvalue weighted by Crippen LogP contribution is -2.08. The van der Waals surface area contributed by atoms with Gasteiger partial charge in [0.2, 0.25) is 0 Å². The van der Waals surface area contributed by atoms with Crippen LogP contribution in [0.4, 0.5) is 0 Å². The number of ketones is 1. The van der Waals surface area contributed by atoms with Crippen molar-refractivity contribution in [1.82, 2.24) is 4.98 Å². The minimum absolute atomic E-state index is 0.0356. The van der Waals surface area contributed by atoms with Gasteiger partial charge in [-0.05, 0) is 32.0 Å². The Morgan fingerprint density at radius 1 is 1.20 bits per heavy atom. The van der Waals surface area contributed by atoms with Gasteiger partial charge in [0.15, 0.2) is 5.78 Å². The molecule has 0 aliphatic rings. The molecule has 2 aromatic rings. The third kappa shape index (κ3) is 3.15. The lowest BCUT2D eigenvalue weighted by atomic mass is 10.0. The summed E-state index contributed by atoms with van der Waals surface area (Å²) in [6, 6.07) is 8.82. The van der Waals surface area contributed by atoms with Crippen LogP contribution in [0.15, 0.2) is 42.7 Å². The predicted molar refractivity (Wildman–Crippen MR) is 76.4 cm³/mol. The van der Waals surface area contributed by atoms with E-state index in [1.807, 2.05) is 19.9 Å². The largest absolute Gasteiger partial charge is 0.496 e. The number of hydrogen-bond acceptors (Lipinski definition) is 4. The Labute approximate surface area is 118 Å². The molecule has 0 fully saturated rings. The normalized spacial score (nSPS) is 10.4. The molecule has 20 heavy (non-hydrogen) atoms. The number of ether oxygens (including phenoxy) is 2. The van der Waals surface area contributed by atoms with E-state index in [4.69, 9.17) is 9.47 Å². The lowest BCUT2D eigenvalue weighted by molar-refractivity contribution is 0.103. The Kier molecular flexibility index (Phi) is 4.35. The molecule has 0 unspecified atom stereocenters. The molecule has 0 saturated heterocycles. The fourth-order valence-corrected chi connectivity index (χ4v) is 1.87. The number of methoxy groups -OCH3 is 1. The van der Waals surface area contributed by atoms with Crippen molar-refractivity contribution in [2.24, 2.45) is 0 Å². The van der Waals surface area contributed by atoms with Crippen LogP contribution in [0.5, 0.6) is 11.5 Å². The zero-order chi connectivity index (χ0) is 14.5. The molecule has 0 saturated carbocycles. The minimum Gasteiger partial charge on any atom is -0.496 e. The summed E-state index contributed by atoms with van der Waals surface area (Å²) < 4.78 is 10.8. The predicted octanol–water partition coefficient (Wildman–Crippen LogP) is 3.11. The van der Waals surface area contributed by atoms with Crippen LogP contribution >= 0.6 is 0 Å². The molecular weight excluding hydrogens is 254 g/mol. The molecular formula is C16H17NO3. The van der Waals surface area contributed by atoms with E-state index >= 15 is 0 Å². The molecule has 0 N–H and O–H groups in total. The second kappa shape index (κ2) is 6.19. The quantitative estimate of drug-likeness (QED) is 0.784. The smallest absolute Gasteiger partial charge is 0.198 e. The zero-order valence-corrected chi connectivity index (χ0v) is 11.8. The summed E-state index contributed by atoms with van der Waals surface area (Å²) in [7, 11) is 1.54. The van der Waals surface area contributed by atoms with Gasteiger partial charge < -0.3 is 9.47 Å². The maximum Gasteiger partial charge on any atom is 0.198 e. The Hall–Kier alpha value is -2.36. The number of nitrogens with zero attached hydrogens (tertiary/aromatic N) is 1. The third-order valence-corrected chi connectivity index (χ3v) is 2.70. The fourth-order valence-electron chi connectivity index (χ4n) is 1.87. The molecule has 0 bridgehead atoms. The van der Waals surface area contributed by atoms with Crippen molar-refractivity contribution in [1.29, 1.82) is 0 Å². The fraction of sp³-hybridized carbons (Fsp3) is 0.250. The number of carbonyl (C=O) groups excluding carboxylic acids is 1. The highest BCUT2D eigenvalue weighted by molar-refractivity contribution is 6.10. The average molecular weight is 271 g/mol. The Balaban J connectivity index is 2.33. The van der Waals surface area contributed by atoms with E-state index in [-0.39, 0.29) is 11.9 Å². The molecule has 0 atom stereocenters. The average Bonchev–Trinajstić information content (AvgIpc) is 2.46. The summed E-state index contributed by atoms with van der Waals surface area (Å²) in [5.74, 6) is 0.998. The first-order valence-electron chi connectivity index (χ1n) is 6.41.